The Balaban J connectivity index is 2.08. The summed E-state index contributed by atoms with van der Waals surface area (Å²) in [5.41, 5.74) is 0.830. The van der Waals surface area contributed by atoms with Crippen molar-refractivity contribution in [3.63, 3.8) is 0 Å². The van der Waals surface area contributed by atoms with E-state index in [2.05, 4.69) is 15.5 Å². The quantitative estimate of drug-likeness (QED) is 0.850. The van der Waals surface area contributed by atoms with Gasteiger partial charge >= 0.3 is 0 Å². The first kappa shape index (κ1) is 10.8. The third kappa shape index (κ3) is 2.64. The topological polar surface area (TPSA) is 51.0 Å². The number of nitrogens with one attached hydrogen (secondary N) is 1. The first-order valence-electron chi connectivity index (χ1n) is 4.98. The predicted octanol–water partition coefficient (Wildman–Crippen LogP) is 1.52. The summed E-state index contributed by atoms with van der Waals surface area (Å²) in [5, 5.41) is 6.73. The zero-order chi connectivity index (χ0) is 11.4. The second-order valence-corrected chi connectivity index (χ2v) is 3.44. The minimum absolute atomic E-state index is 0.253. The maximum atomic E-state index is 12.9. The van der Waals surface area contributed by atoms with E-state index in [4.69, 9.17) is 4.52 Å². The molecule has 0 fully saturated rings. The highest BCUT2D eigenvalue weighted by Gasteiger charge is 2.06. The van der Waals surface area contributed by atoms with Crippen LogP contribution in [0, 0.1) is 5.82 Å². The Labute approximate surface area is 92.5 Å². The molecule has 0 aliphatic rings. The first-order valence-corrected chi connectivity index (χ1v) is 4.98. The van der Waals surface area contributed by atoms with Gasteiger partial charge in [0, 0.05) is 6.42 Å². The largest absolute Gasteiger partial charge is 0.338 e. The van der Waals surface area contributed by atoms with Crippen molar-refractivity contribution in [2.75, 3.05) is 7.05 Å². The Bertz CT molecular complexity index is 470. The van der Waals surface area contributed by atoms with E-state index >= 15 is 0 Å². The molecule has 1 aromatic carbocycles. The van der Waals surface area contributed by atoms with E-state index in [0.717, 1.165) is 5.56 Å². The highest BCUT2D eigenvalue weighted by molar-refractivity contribution is 5.19. The molecule has 2 aromatic rings. The molecule has 4 nitrogen and oxygen atoms in total. The van der Waals surface area contributed by atoms with Crippen molar-refractivity contribution in [2.45, 2.75) is 13.0 Å². The zero-order valence-corrected chi connectivity index (χ0v) is 8.90. The molecule has 0 unspecified atom stereocenters. The van der Waals surface area contributed by atoms with Crippen molar-refractivity contribution in [3.05, 3.63) is 47.4 Å². The molecule has 0 bridgehead atoms. The fourth-order valence-electron chi connectivity index (χ4n) is 1.41. The van der Waals surface area contributed by atoms with Crippen LogP contribution >= 0.6 is 0 Å². The van der Waals surface area contributed by atoms with Gasteiger partial charge in [-0.1, -0.05) is 17.3 Å². The van der Waals surface area contributed by atoms with Gasteiger partial charge in [-0.3, -0.25) is 0 Å². The molecule has 84 valence electrons. The molecule has 0 radical (unpaired) electrons. The van der Waals surface area contributed by atoms with Gasteiger partial charge in [0.15, 0.2) is 5.82 Å². The van der Waals surface area contributed by atoms with Gasteiger partial charge in [0.2, 0.25) is 5.89 Å². The lowest BCUT2D eigenvalue weighted by Gasteiger charge is -1.95. The third-order valence-corrected chi connectivity index (χ3v) is 2.09. The van der Waals surface area contributed by atoms with E-state index in [1.165, 1.54) is 12.1 Å². The number of hydrogen-bond acceptors (Lipinski definition) is 4. The Morgan fingerprint density at radius 1 is 1.44 bits per heavy atom. The standard InChI is InChI=1S/C11H12FN3O/c1-13-7-11-14-10(15-16-11)6-8-3-2-4-9(12)5-8/h2-5,13H,6-7H2,1H3. The van der Waals surface area contributed by atoms with Gasteiger partial charge in [-0.15, -0.1) is 0 Å². The van der Waals surface area contributed by atoms with Gasteiger partial charge in [-0.2, -0.15) is 4.98 Å². The molecular formula is C11H12FN3O. The van der Waals surface area contributed by atoms with Crippen LogP contribution in [0.2, 0.25) is 0 Å². The number of benzene rings is 1. The minimum atomic E-state index is -0.253. The maximum Gasteiger partial charge on any atom is 0.240 e. The van der Waals surface area contributed by atoms with Crippen LogP contribution in [0.15, 0.2) is 28.8 Å². The van der Waals surface area contributed by atoms with Crippen molar-refractivity contribution in [1.29, 1.82) is 0 Å². The summed E-state index contributed by atoms with van der Waals surface area (Å²) in [4.78, 5) is 4.16. The number of nitrogens with zero attached hydrogens (tertiary/aromatic N) is 2. The molecule has 0 saturated carbocycles. The van der Waals surface area contributed by atoms with Crippen molar-refractivity contribution in [3.8, 4) is 0 Å². The molecule has 1 heterocycles. The number of halogens is 1. The van der Waals surface area contributed by atoms with Crippen molar-refractivity contribution in [1.82, 2.24) is 15.5 Å². The molecule has 5 heteroatoms. The fraction of sp³-hybridized carbons (Fsp3) is 0.273. The van der Waals surface area contributed by atoms with E-state index in [1.807, 2.05) is 6.07 Å². The van der Waals surface area contributed by atoms with Crippen molar-refractivity contribution >= 4 is 0 Å². The highest BCUT2D eigenvalue weighted by Crippen LogP contribution is 2.08. The molecule has 16 heavy (non-hydrogen) atoms. The second-order valence-electron chi connectivity index (χ2n) is 3.44. The van der Waals surface area contributed by atoms with Gasteiger partial charge in [0.05, 0.1) is 6.54 Å². The summed E-state index contributed by atoms with van der Waals surface area (Å²) in [6.07, 6.45) is 0.477. The Kier molecular flexibility index (Phi) is 3.26. The highest BCUT2D eigenvalue weighted by atomic mass is 19.1. The third-order valence-electron chi connectivity index (χ3n) is 2.09. The van der Waals surface area contributed by atoms with E-state index < -0.39 is 0 Å². The summed E-state index contributed by atoms with van der Waals surface area (Å²) < 4.78 is 17.9. The maximum absolute atomic E-state index is 12.9. The van der Waals surface area contributed by atoms with Crippen LogP contribution in [0.25, 0.3) is 0 Å². The lowest BCUT2D eigenvalue weighted by molar-refractivity contribution is 0.367. The monoisotopic (exact) mass is 221 g/mol. The van der Waals surface area contributed by atoms with E-state index in [0.29, 0.717) is 24.7 Å². The van der Waals surface area contributed by atoms with Gasteiger partial charge in [0.25, 0.3) is 0 Å². The lowest BCUT2D eigenvalue weighted by atomic mass is 10.1. The first-order chi connectivity index (χ1) is 7.78. The molecule has 0 aliphatic heterocycles. The van der Waals surface area contributed by atoms with Crippen LogP contribution in [0.5, 0.6) is 0 Å². The van der Waals surface area contributed by atoms with E-state index in [9.17, 15) is 4.39 Å². The number of rotatable bonds is 4. The zero-order valence-electron chi connectivity index (χ0n) is 8.90. The van der Waals surface area contributed by atoms with Crippen molar-refractivity contribution < 1.29 is 8.91 Å². The fourth-order valence-corrected chi connectivity index (χ4v) is 1.41. The SMILES string of the molecule is CNCc1nc(Cc2cccc(F)c2)no1. The normalized spacial score (nSPS) is 10.6. The average Bonchev–Trinajstić information content (AvgIpc) is 2.66. The Morgan fingerprint density at radius 2 is 2.31 bits per heavy atom. The summed E-state index contributed by atoms with van der Waals surface area (Å²) >= 11 is 0. The molecule has 0 amide bonds. The van der Waals surface area contributed by atoms with Gasteiger partial charge in [0.1, 0.15) is 5.82 Å². The van der Waals surface area contributed by atoms with Crippen LogP contribution in [-0.2, 0) is 13.0 Å². The van der Waals surface area contributed by atoms with Crippen LogP contribution in [0.4, 0.5) is 4.39 Å². The molecule has 0 spiro atoms. The van der Waals surface area contributed by atoms with Crippen LogP contribution in [-0.4, -0.2) is 17.2 Å². The molecule has 0 saturated heterocycles. The second kappa shape index (κ2) is 4.85. The molecule has 1 N–H and O–H groups in total. The summed E-state index contributed by atoms with van der Waals surface area (Å²) in [6, 6.07) is 6.37. The summed E-state index contributed by atoms with van der Waals surface area (Å²) in [6.45, 7) is 0.538. The molecule has 0 aliphatic carbocycles. The summed E-state index contributed by atoms with van der Waals surface area (Å²) in [5.74, 6) is 0.848. The minimum Gasteiger partial charge on any atom is -0.338 e. The molecule has 2 rings (SSSR count). The van der Waals surface area contributed by atoms with Crippen LogP contribution in [0.3, 0.4) is 0 Å². The lowest BCUT2D eigenvalue weighted by Crippen LogP contribution is -2.05. The van der Waals surface area contributed by atoms with Gasteiger partial charge in [-0.05, 0) is 24.7 Å². The van der Waals surface area contributed by atoms with Crippen LogP contribution in [0.1, 0.15) is 17.3 Å². The van der Waals surface area contributed by atoms with Crippen LogP contribution < -0.4 is 5.32 Å². The number of hydrogen-bond donors (Lipinski definition) is 1. The average molecular weight is 221 g/mol. The smallest absolute Gasteiger partial charge is 0.240 e. The van der Waals surface area contributed by atoms with Gasteiger partial charge in [-0.25, -0.2) is 4.39 Å². The molecular weight excluding hydrogens is 209 g/mol. The van der Waals surface area contributed by atoms with Gasteiger partial charge < -0.3 is 9.84 Å². The Hall–Kier alpha value is -1.75. The Morgan fingerprint density at radius 3 is 3.06 bits per heavy atom. The number of aromatic nitrogens is 2. The van der Waals surface area contributed by atoms with E-state index in [-0.39, 0.29) is 5.82 Å². The predicted molar refractivity (Wildman–Crippen MR) is 56.3 cm³/mol. The van der Waals surface area contributed by atoms with E-state index in [1.54, 1.807) is 13.1 Å². The molecule has 0 atom stereocenters. The summed E-state index contributed by atoms with van der Waals surface area (Å²) in [7, 11) is 1.80. The van der Waals surface area contributed by atoms with Crippen molar-refractivity contribution in [2.24, 2.45) is 0 Å². The molecule has 1 aromatic heterocycles.